The van der Waals surface area contributed by atoms with Crippen LogP contribution in [0.2, 0.25) is 0 Å². The molecule has 0 fully saturated rings. The van der Waals surface area contributed by atoms with Crippen LogP contribution in [0.25, 0.3) is 0 Å². The molecular formula is C8H14O9PbS. The molecule has 0 saturated carbocycles. The third-order valence-electron chi connectivity index (χ3n) is 0.674. The average molecular weight is 493 g/mol. The summed E-state index contributed by atoms with van der Waals surface area (Å²) in [4.78, 5) is 40.1. The minimum absolute atomic E-state index is 0. The van der Waals surface area contributed by atoms with Crippen LogP contribution < -0.4 is 0 Å². The Morgan fingerprint density at radius 2 is 1.05 bits per heavy atom. The molecule has 0 unspecified atom stereocenters. The largest absolute Gasteiger partial charge is 0.412 e. The molecule has 0 atom stereocenters. The van der Waals surface area contributed by atoms with Crippen LogP contribution in [0.15, 0.2) is 0 Å². The van der Waals surface area contributed by atoms with Gasteiger partial charge in [0.1, 0.15) is 0 Å². The van der Waals surface area contributed by atoms with E-state index in [0.29, 0.717) is 12.3 Å². The first kappa shape index (κ1) is 23.2. The second-order valence-corrected chi connectivity index (χ2v) is 5.19. The molecule has 11 heteroatoms. The summed E-state index contributed by atoms with van der Waals surface area (Å²) in [6.07, 6.45) is 0. The predicted octanol–water partition coefficient (Wildman–Crippen LogP) is -0.502. The molecule has 2 radical (unpaired) electrons. The van der Waals surface area contributed by atoms with Gasteiger partial charge in [0, 0.05) is 13.8 Å². The number of rotatable bonds is 4. The van der Waals surface area contributed by atoms with Crippen molar-refractivity contribution in [3.8, 4) is 0 Å². The van der Waals surface area contributed by atoms with Crippen molar-refractivity contribution in [2.45, 2.75) is 27.7 Å². The Labute approximate surface area is 127 Å². The molecule has 0 bridgehead atoms. The maximum Gasteiger partial charge on any atom is -0.412 e. The van der Waals surface area contributed by atoms with Gasteiger partial charge in [-0.1, -0.05) is 0 Å². The molecule has 0 aliphatic carbocycles. The van der Waals surface area contributed by atoms with Gasteiger partial charge >= 0.3 is 77.8 Å². The SMILES string of the molecule is CC(=O)OSOC(C)=O.CC(=O)[O][Pb][O]C(C)=O.O. The molecule has 19 heavy (non-hydrogen) atoms. The zero-order valence-electron chi connectivity index (χ0n) is 10.7. The first-order valence-electron chi connectivity index (χ1n) is 4.37. The fourth-order valence-electron chi connectivity index (χ4n) is 0.251. The van der Waals surface area contributed by atoms with Gasteiger partial charge < -0.3 is 13.8 Å². The van der Waals surface area contributed by atoms with E-state index in [9.17, 15) is 19.2 Å². The van der Waals surface area contributed by atoms with Gasteiger partial charge in [0.2, 0.25) is 0 Å². The third-order valence-corrected chi connectivity index (χ3v) is 4.16. The van der Waals surface area contributed by atoms with Gasteiger partial charge in [0.05, 0.1) is 0 Å². The number of carbonyl (C=O) groups excluding carboxylic acids is 4. The molecule has 0 amide bonds. The van der Waals surface area contributed by atoms with Crippen molar-refractivity contribution < 1.29 is 38.4 Å². The predicted molar refractivity (Wildman–Crippen MR) is 64.0 cm³/mol. The van der Waals surface area contributed by atoms with Crippen molar-refractivity contribution >= 4 is 61.3 Å². The van der Waals surface area contributed by atoms with Crippen molar-refractivity contribution in [3.05, 3.63) is 0 Å². The first-order chi connectivity index (χ1) is 8.25. The molecule has 9 nitrogen and oxygen atoms in total. The Morgan fingerprint density at radius 1 is 0.737 bits per heavy atom. The summed E-state index contributed by atoms with van der Waals surface area (Å²) in [5.41, 5.74) is 0. The molecule has 0 saturated heterocycles. The van der Waals surface area contributed by atoms with E-state index < -0.39 is 37.1 Å². The normalized spacial score (nSPS) is 7.79. The number of hydrogen-bond acceptors (Lipinski definition) is 9. The molecule has 2 N–H and O–H groups in total. The van der Waals surface area contributed by atoms with Gasteiger partial charge in [0.15, 0.2) is 0 Å². The Balaban J connectivity index is -0.000000256. The van der Waals surface area contributed by atoms with Crippen molar-refractivity contribution in [2.75, 3.05) is 0 Å². The van der Waals surface area contributed by atoms with Crippen LogP contribution in [0.1, 0.15) is 27.7 Å². The summed E-state index contributed by atoms with van der Waals surface area (Å²) in [7, 11) is 0. The maximum atomic E-state index is 10.1. The molecule has 0 aromatic rings. The Morgan fingerprint density at radius 3 is 1.26 bits per heavy atom. The molecule has 0 aromatic carbocycles. The van der Waals surface area contributed by atoms with E-state index in [4.69, 9.17) is 0 Å². The molecule has 0 heterocycles. The van der Waals surface area contributed by atoms with E-state index in [0.717, 1.165) is 0 Å². The van der Waals surface area contributed by atoms with E-state index >= 15 is 0 Å². The summed E-state index contributed by atoms with van der Waals surface area (Å²) in [5, 5.41) is 0. The minimum atomic E-state index is -1.82. The molecule has 110 valence electrons. The van der Waals surface area contributed by atoms with Gasteiger partial charge in [-0.3, -0.25) is 9.59 Å². The Hall–Kier alpha value is -0.888. The van der Waals surface area contributed by atoms with Crippen molar-refractivity contribution in [3.63, 3.8) is 0 Å². The fourth-order valence-corrected chi connectivity index (χ4v) is 1.55. The van der Waals surface area contributed by atoms with E-state index in [-0.39, 0.29) is 17.4 Å². The summed E-state index contributed by atoms with van der Waals surface area (Å²) < 4.78 is 17.3. The van der Waals surface area contributed by atoms with Crippen LogP contribution >= 0.6 is 12.3 Å². The smallest absolute Gasteiger partial charge is 0.412 e. The number of hydrogen-bond donors (Lipinski definition) is 0. The van der Waals surface area contributed by atoms with Crippen molar-refractivity contribution in [1.82, 2.24) is 0 Å². The molecule has 0 aliphatic heterocycles. The van der Waals surface area contributed by atoms with Crippen molar-refractivity contribution in [1.29, 1.82) is 0 Å². The second kappa shape index (κ2) is 15.2. The monoisotopic (exact) mass is 494 g/mol. The van der Waals surface area contributed by atoms with Gasteiger partial charge in [-0.2, -0.15) is 0 Å². The summed E-state index contributed by atoms with van der Waals surface area (Å²) in [6, 6.07) is 0. The Kier molecular flexibility index (Phi) is 18.5. The van der Waals surface area contributed by atoms with E-state index in [1.807, 2.05) is 0 Å². The van der Waals surface area contributed by atoms with Crippen molar-refractivity contribution in [2.24, 2.45) is 0 Å². The zero-order chi connectivity index (χ0) is 14.6. The van der Waals surface area contributed by atoms with Crippen LogP contribution in [0.5, 0.6) is 0 Å². The maximum absolute atomic E-state index is 10.1. The molecule has 0 aliphatic rings. The standard InChI is InChI=1S/C4H6O4S.2C2H4O2.H2O.Pb/c1-3(5)7-9-8-4(2)6;2*1-2(3)4;;/h1-2H3;2*1H3,(H,3,4);1H2;/q;;;;+2/p-2. The van der Waals surface area contributed by atoms with Crippen LogP contribution in [0.4, 0.5) is 0 Å². The zero-order valence-corrected chi connectivity index (χ0v) is 15.4. The topological polar surface area (TPSA) is 137 Å². The molecule has 0 spiro atoms. The molecule has 0 rings (SSSR count). The van der Waals surface area contributed by atoms with Crippen LogP contribution in [0.3, 0.4) is 0 Å². The van der Waals surface area contributed by atoms with Gasteiger partial charge in [-0.15, -0.1) is 0 Å². The average Bonchev–Trinajstić information content (AvgIpc) is 2.15. The summed E-state index contributed by atoms with van der Waals surface area (Å²) in [6.45, 7) is 5.01. The van der Waals surface area contributed by atoms with Crippen LogP contribution in [-0.2, 0) is 32.9 Å². The van der Waals surface area contributed by atoms with E-state index in [1.54, 1.807) is 0 Å². The summed E-state index contributed by atoms with van der Waals surface area (Å²) in [5.74, 6) is -1.75. The molecular weight excluding hydrogens is 479 g/mol. The van der Waals surface area contributed by atoms with Crippen LogP contribution in [-0.4, -0.2) is 54.5 Å². The van der Waals surface area contributed by atoms with Crippen LogP contribution in [0, 0.1) is 0 Å². The molecule has 0 aromatic heterocycles. The summed E-state index contributed by atoms with van der Waals surface area (Å²) >= 11 is -1.45. The quantitative estimate of drug-likeness (QED) is 0.375. The van der Waals surface area contributed by atoms with Gasteiger partial charge in [-0.05, 0) is 0 Å². The van der Waals surface area contributed by atoms with Gasteiger partial charge in [-0.25, -0.2) is 0 Å². The first-order valence-corrected chi connectivity index (χ1v) is 8.22. The fraction of sp³-hybridized carbons (Fsp3) is 0.500. The minimum Gasteiger partial charge on any atom is -0.412 e. The second-order valence-electron chi connectivity index (χ2n) is 2.49. The Bertz CT molecular complexity index is 249. The van der Waals surface area contributed by atoms with Gasteiger partial charge in [0.25, 0.3) is 12.3 Å². The van der Waals surface area contributed by atoms with E-state index in [1.165, 1.54) is 27.7 Å². The van der Waals surface area contributed by atoms with E-state index in [2.05, 4.69) is 13.7 Å². The third kappa shape index (κ3) is 31.6. The number of carbonyl (C=O) groups is 4.